The number of unbranched alkanes of at least 4 members (excludes halogenated alkanes) is 2. The third-order valence-electron chi connectivity index (χ3n) is 1.58. The summed E-state index contributed by atoms with van der Waals surface area (Å²) in [7, 11) is 0. The minimum absolute atomic E-state index is 0.126. The summed E-state index contributed by atoms with van der Waals surface area (Å²) < 4.78 is 12.5. The van der Waals surface area contributed by atoms with Crippen molar-refractivity contribution in [2.75, 3.05) is 19.6 Å². The van der Waals surface area contributed by atoms with E-state index in [2.05, 4.69) is 12.2 Å². The van der Waals surface area contributed by atoms with E-state index >= 15 is 0 Å². The molecule has 0 aromatic carbocycles. The molecule has 0 amide bonds. The normalized spacial score (nSPS) is 13.4. The van der Waals surface area contributed by atoms with Crippen LogP contribution in [-0.2, 0) is 0 Å². The molecule has 0 heterocycles. The quantitative estimate of drug-likeness (QED) is 0.549. The highest BCUT2D eigenvalue weighted by Gasteiger charge is 2.00. The number of nitrogens with one attached hydrogen (secondary N) is 1. The van der Waals surface area contributed by atoms with Gasteiger partial charge in [0.1, 0.15) is 6.17 Å². The third-order valence-corrected chi connectivity index (χ3v) is 1.58. The van der Waals surface area contributed by atoms with Crippen molar-refractivity contribution in [1.29, 1.82) is 0 Å². The molecule has 3 heteroatoms. The highest BCUT2D eigenvalue weighted by molar-refractivity contribution is 4.59. The van der Waals surface area contributed by atoms with Gasteiger partial charge >= 0.3 is 0 Å². The molecule has 0 spiro atoms. The summed E-state index contributed by atoms with van der Waals surface area (Å²) >= 11 is 0. The standard InChI is InChI=1S/C8H19FN2/c1-2-3-4-5-11-7-8(9)6-10/h8,11H,2-7,10H2,1H3. The Kier molecular flexibility index (Phi) is 7.84. The van der Waals surface area contributed by atoms with Gasteiger partial charge in [0.25, 0.3) is 0 Å². The van der Waals surface area contributed by atoms with Crippen LogP contribution < -0.4 is 11.1 Å². The van der Waals surface area contributed by atoms with Gasteiger partial charge in [-0.25, -0.2) is 4.39 Å². The third kappa shape index (κ3) is 7.75. The zero-order valence-corrected chi connectivity index (χ0v) is 7.28. The first-order valence-corrected chi connectivity index (χ1v) is 4.36. The summed E-state index contributed by atoms with van der Waals surface area (Å²) in [5.41, 5.74) is 5.10. The van der Waals surface area contributed by atoms with Gasteiger partial charge in [-0.1, -0.05) is 19.8 Å². The molecule has 0 bridgehead atoms. The molecule has 0 saturated carbocycles. The van der Waals surface area contributed by atoms with Gasteiger partial charge in [-0.3, -0.25) is 0 Å². The largest absolute Gasteiger partial charge is 0.328 e. The van der Waals surface area contributed by atoms with Gasteiger partial charge < -0.3 is 11.1 Å². The summed E-state index contributed by atoms with van der Waals surface area (Å²) in [4.78, 5) is 0. The van der Waals surface area contributed by atoms with Crippen molar-refractivity contribution >= 4 is 0 Å². The van der Waals surface area contributed by atoms with Crippen LogP contribution in [0.2, 0.25) is 0 Å². The molecule has 0 aromatic heterocycles. The number of hydrogen-bond donors (Lipinski definition) is 2. The van der Waals surface area contributed by atoms with Crippen LogP contribution in [0.4, 0.5) is 4.39 Å². The molecule has 68 valence electrons. The van der Waals surface area contributed by atoms with Crippen molar-refractivity contribution in [2.24, 2.45) is 5.73 Å². The number of halogens is 1. The average molecular weight is 162 g/mol. The SMILES string of the molecule is CCCCCNCC(F)CN. The molecule has 0 fully saturated rings. The Morgan fingerprint density at radius 1 is 1.45 bits per heavy atom. The van der Waals surface area contributed by atoms with E-state index in [-0.39, 0.29) is 6.54 Å². The molecular weight excluding hydrogens is 143 g/mol. The first-order chi connectivity index (χ1) is 5.31. The highest BCUT2D eigenvalue weighted by atomic mass is 19.1. The van der Waals surface area contributed by atoms with E-state index in [0.29, 0.717) is 6.54 Å². The summed E-state index contributed by atoms with van der Waals surface area (Å²) in [5.74, 6) is 0. The lowest BCUT2D eigenvalue weighted by Gasteiger charge is -2.06. The first kappa shape index (κ1) is 10.8. The van der Waals surface area contributed by atoms with Crippen LogP contribution in [0.15, 0.2) is 0 Å². The van der Waals surface area contributed by atoms with Gasteiger partial charge in [-0.2, -0.15) is 0 Å². The predicted molar refractivity (Wildman–Crippen MR) is 46.3 cm³/mol. The molecule has 0 saturated heterocycles. The lowest BCUT2D eigenvalue weighted by atomic mass is 10.2. The molecule has 1 unspecified atom stereocenters. The van der Waals surface area contributed by atoms with E-state index in [1.807, 2.05) is 0 Å². The second-order valence-electron chi connectivity index (χ2n) is 2.74. The molecular formula is C8H19FN2. The summed E-state index contributed by atoms with van der Waals surface area (Å²) in [5, 5.41) is 3.02. The monoisotopic (exact) mass is 162 g/mol. The van der Waals surface area contributed by atoms with Crippen molar-refractivity contribution in [3.05, 3.63) is 0 Å². The molecule has 0 radical (unpaired) electrons. The number of nitrogens with two attached hydrogens (primary N) is 1. The van der Waals surface area contributed by atoms with Crippen LogP contribution in [0.25, 0.3) is 0 Å². The van der Waals surface area contributed by atoms with E-state index in [1.165, 1.54) is 12.8 Å². The molecule has 11 heavy (non-hydrogen) atoms. The zero-order valence-electron chi connectivity index (χ0n) is 7.28. The molecule has 1 atom stereocenters. The van der Waals surface area contributed by atoms with Crippen LogP contribution in [0.5, 0.6) is 0 Å². The Balaban J connectivity index is 2.89. The summed E-state index contributed by atoms with van der Waals surface area (Å²) in [6, 6.07) is 0. The fourth-order valence-electron chi connectivity index (χ4n) is 0.842. The molecule has 2 nitrogen and oxygen atoms in total. The lowest BCUT2D eigenvalue weighted by molar-refractivity contribution is 0.326. The maximum atomic E-state index is 12.5. The van der Waals surface area contributed by atoms with Gasteiger partial charge in [0.2, 0.25) is 0 Å². The number of alkyl halides is 1. The molecule has 0 aromatic rings. The Labute approximate surface area is 68.3 Å². The van der Waals surface area contributed by atoms with E-state index in [1.54, 1.807) is 0 Å². The maximum Gasteiger partial charge on any atom is 0.125 e. The van der Waals surface area contributed by atoms with Gasteiger partial charge in [0, 0.05) is 13.1 Å². The average Bonchev–Trinajstić information content (AvgIpc) is 2.04. The van der Waals surface area contributed by atoms with Crippen LogP contribution >= 0.6 is 0 Å². The van der Waals surface area contributed by atoms with Crippen molar-refractivity contribution in [3.8, 4) is 0 Å². The van der Waals surface area contributed by atoms with Crippen LogP contribution in [-0.4, -0.2) is 25.8 Å². The van der Waals surface area contributed by atoms with Crippen molar-refractivity contribution in [3.63, 3.8) is 0 Å². The second-order valence-corrected chi connectivity index (χ2v) is 2.74. The fraction of sp³-hybridized carbons (Fsp3) is 1.00. The van der Waals surface area contributed by atoms with Crippen LogP contribution in [0.1, 0.15) is 26.2 Å². The zero-order chi connectivity index (χ0) is 8.53. The minimum atomic E-state index is -0.878. The Morgan fingerprint density at radius 2 is 2.18 bits per heavy atom. The molecule has 0 aliphatic heterocycles. The van der Waals surface area contributed by atoms with Gasteiger partial charge in [0.05, 0.1) is 0 Å². The van der Waals surface area contributed by atoms with Gasteiger partial charge in [0.15, 0.2) is 0 Å². The summed E-state index contributed by atoms with van der Waals surface area (Å²) in [6.07, 6.45) is 2.68. The van der Waals surface area contributed by atoms with Crippen LogP contribution in [0, 0.1) is 0 Å². The van der Waals surface area contributed by atoms with E-state index in [4.69, 9.17) is 5.73 Å². The van der Waals surface area contributed by atoms with Crippen molar-refractivity contribution < 1.29 is 4.39 Å². The molecule has 0 aliphatic rings. The lowest BCUT2D eigenvalue weighted by Crippen LogP contribution is -2.30. The molecule has 0 rings (SSSR count). The second kappa shape index (κ2) is 7.95. The number of hydrogen-bond acceptors (Lipinski definition) is 2. The fourth-order valence-corrected chi connectivity index (χ4v) is 0.842. The Morgan fingerprint density at radius 3 is 2.73 bits per heavy atom. The van der Waals surface area contributed by atoms with Crippen molar-refractivity contribution in [1.82, 2.24) is 5.32 Å². The molecule has 0 aliphatic carbocycles. The number of rotatable bonds is 7. The van der Waals surface area contributed by atoms with Gasteiger partial charge in [-0.15, -0.1) is 0 Å². The first-order valence-electron chi connectivity index (χ1n) is 4.36. The Bertz CT molecular complexity index is 78.5. The van der Waals surface area contributed by atoms with E-state index < -0.39 is 6.17 Å². The highest BCUT2D eigenvalue weighted by Crippen LogP contribution is 1.91. The van der Waals surface area contributed by atoms with Crippen LogP contribution in [0.3, 0.4) is 0 Å². The Hall–Kier alpha value is -0.150. The maximum absolute atomic E-state index is 12.5. The van der Waals surface area contributed by atoms with E-state index in [0.717, 1.165) is 13.0 Å². The minimum Gasteiger partial charge on any atom is -0.328 e. The van der Waals surface area contributed by atoms with Gasteiger partial charge in [-0.05, 0) is 13.0 Å². The summed E-state index contributed by atoms with van der Waals surface area (Å²) in [6.45, 7) is 3.59. The van der Waals surface area contributed by atoms with Crippen molar-refractivity contribution in [2.45, 2.75) is 32.4 Å². The molecule has 3 N–H and O–H groups in total. The smallest absolute Gasteiger partial charge is 0.125 e. The predicted octanol–water partition coefficient (Wildman–Crippen LogP) is 1.06. The topological polar surface area (TPSA) is 38.0 Å². The van der Waals surface area contributed by atoms with E-state index in [9.17, 15) is 4.39 Å².